The number of piperidine rings is 1. The molecule has 0 saturated carbocycles. The second kappa shape index (κ2) is 7.09. The molecule has 2 aromatic rings. The number of amides is 1. The highest BCUT2D eigenvalue weighted by molar-refractivity contribution is 5.77. The van der Waals surface area contributed by atoms with Gasteiger partial charge in [0.2, 0.25) is 11.9 Å². The predicted octanol–water partition coefficient (Wildman–Crippen LogP) is 2.07. The highest BCUT2D eigenvalue weighted by Crippen LogP contribution is 2.33. The first-order chi connectivity index (χ1) is 12.0. The van der Waals surface area contributed by atoms with E-state index in [1.54, 1.807) is 6.92 Å². The predicted molar refractivity (Wildman–Crippen MR) is 97.7 cm³/mol. The Kier molecular flexibility index (Phi) is 4.88. The summed E-state index contributed by atoms with van der Waals surface area (Å²) in [7, 11) is 0. The van der Waals surface area contributed by atoms with Crippen molar-refractivity contribution >= 4 is 11.9 Å². The molecule has 0 radical (unpaired) electrons. The fraction of sp³-hybridized carbons (Fsp3) is 0.421. The van der Waals surface area contributed by atoms with E-state index in [1.807, 2.05) is 23.1 Å². The molecule has 25 heavy (non-hydrogen) atoms. The Bertz CT molecular complexity index is 803. The fourth-order valence-corrected chi connectivity index (χ4v) is 3.38. The van der Waals surface area contributed by atoms with E-state index in [-0.39, 0.29) is 16.9 Å². The highest BCUT2D eigenvalue weighted by Gasteiger charge is 2.35. The molecule has 1 aliphatic heterocycles. The van der Waals surface area contributed by atoms with Gasteiger partial charge in [-0.3, -0.25) is 14.6 Å². The minimum atomic E-state index is -0.180. The van der Waals surface area contributed by atoms with E-state index in [0.29, 0.717) is 37.7 Å². The molecule has 0 unspecified atom stereocenters. The first-order valence-electron chi connectivity index (χ1n) is 8.61. The number of rotatable bonds is 5. The SMILES string of the molecule is Cc1cc(=O)[nH]c(NCCN2C[C@](C)(c3ccccc3)CCC2=O)n1. The van der Waals surface area contributed by atoms with Crippen LogP contribution in [0.2, 0.25) is 0 Å². The molecular weight excluding hydrogens is 316 g/mol. The number of likely N-dealkylation sites (tertiary alicyclic amines) is 1. The van der Waals surface area contributed by atoms with Crippen LogP contribution in [0.25, 0.3) is 0 Å². The summed E-state index contributed by atoms with van der Waals surface area (Å²) in [4.78, 5) is 32.6. The lowest BCUT2D eigenvalue weighted by Gasteiger charge is -2.40. The van der Waals surface area contributed by atoms with Crippen LogP contribution in [0.5, 0.6) is 0 Å². The maximum atomic E-state index is 12.3. The van der Waals surface area contributed by atoms with Crippen LogP contribution in [0.3, 0.4) is 0 Å². The molecule has 132 valence electrons. The first-order valence-corrected chi connectivity index (χ1v) is 8.61. The lowest BCUT2D eigenvalue weighted by molar-refractivity contribution is -0.135. The number of carbonyl (C=O) groups is 1. The quantitative estimate of drug-likeness (QED) is 0.873. The van der Waals surface area contributed by atoms with Gasteiger partial charge in [0.1, 0.15) is 0 Å². The fourth-order valence-electron chi connectivity index (χ4n) is 3.38. The largest absolute Gasteiger partial charge is 0.354 e. The van der Waals surface area contributed by atoms with Gasteiger partial charge in [-0.1, -0.05) is 37.3 Å². The monoisotopic (exact) mass is 340 g/mol. The first kappa shape index (κ1) is 17.2. The van der Waals surface area contributed by atoms with Gasteiger partial charge >= 0.3 is 0 Å². The molecule has 1 aromatic carbocycles. The third kappa shape index (κ3) is 4.07. The van der Waals surface area contributed by atoms with E-state index < -0.39 is 0 Å². The standard InChI is InChI=1S/C19H24N4O2/c1-14-12-16(24)22-18(21-14)20-10-11-23-13-19(2,9-8-17(23)25)15-6-4-3-5-7-15/h3-7,12H,8-11,13H2,1-2H3,(H2,20,21,22,24)/t19-/m1/s1. The molecule has 1 fully saturated rings. The van der Waals surface area contributed by atoms with Crippen molar-refractivity contribution in [2.75, 3.05) is 25.0 Å². The van der Waals surface area contributed by atoms with E-state index in [1.165, 1.54) is 11.6 Å². The zero-order valence-corrected chi connectivity index (χ0v) is 14.7. The van der Waals surface area contributed by atoms with Gasteiger partial charge in [0.05, 0.1) is 0 Å². The average Bonchev–Trinajstić information content (AvgIpc) is 2.58. The van der Waals surface area contributed by atoms with Crippen LogP contribution in [-0.4, -0.2) is 40.4 Å². The van der Waals surface area contributed by atoms with Gasteiger partial charge in [-0.25, -0.2) is 4.98 Å². The van der Waals surface area contributed by atoms with Crippen molar-refractivity contribution in [3.8, 4) is 0 Å². The molecule has 1 atom stereocenters. The second-order valence-corrected chi connectivity index (χ2v) is 6.90. The normalized spacial score (nSPS) is 20.6. The van der Waals surface area contributed by atoms with Crippen LogP contribution >= 0.6 is 0 Å². The number of aryl methyl sites for hydroxylation is 1. The number of nitrogens with one attached hydrogen (secondary N) is 2. The minimum absolute atomic E-state index is 0.0227. The molecule has 2 heterocycles. The smallest absolute Gasteiger partial charge is 0.252 e. The number of benzene rings is 1. The molecule has 0 spiro atoms. The van der Waals surface area contributed by atoms with Crippen molar-refractivity contribution in [2.24, 2.45) is 0 Å². The van der Waals surface area contributed by atoms with Crippen LogP contribution in [0.4, 0.5) is 5.95 Å². The lowest BCUT2D eigenvalue weighted by atomic mass is 9.76. The molecule has 2 N–H and O–H groups in total. The van der Waals surface area contributed by atoms with Gasteiger partial charge in [-0.2, -0.15) is 0 Å². The number of carbonyl (C=O) groups excluding carboxylic acids is 1. The van der Waals surface area contributed by atoms with E-state index in [2.05, 4.69) is 34.3 Å². The van der Waals surface area contributed by atoms with Crippen molar-refractivity contribution < 1.29 is 4.79 Å². The molecule has 6 nitrogen and oxygen atoms in total. The molecule has 1 aromatic heterocycles. The Morgan fingerprint density at radius 2 is 2.04 bits per heavy atom. The van der Waals surface area contributed by atoms with Crippen molar-refractivity contribution in [1.82, 2.24) is 14.9 Å². The van der Waals surface area contributed by atoms with Gasteiger partial charge in [0, 0.05) is 43.2 Å². The van der Waals surface area contributed by atoms with Gasteiger partial charge < -0.3 is 10.2 Å². The number of H-pyrrole nitrogens is 1. The number of hydrogen-bond donors (Lipinski definition) is 2. The summed E-state index contributed by atoms with van der Waals surface area (Å²) in [6, 6.07) is 11.8. The maximum Gasteiger partial charge on any atom is 0.252 e. The van der Waals surface area contributed by atoms with Crippen molar-refractivity contribution in [3.63, 3.8) is 0 Å². The molecule has 3 rings (SSSR count). The van der Waals surface area contributed by atoms with Gasteiger partial charge in [0.25, 0.3) is 5.56 Å². The molecule has 1 aliphatic rings. The molecular formula is C19H24N4O2. The Labute approximate surface area is 147 Å². The maximum absolute atomic E-state index is 12.3. The summed E-state index contributed by atoms with van der Waals surface area (Å²) in [6.07, 6.45) is 1.43. The van der Waals surface area contributed by atoms with Crippen molar-refractivity contribution in [3.05, 3.63) is 58.0 Å². The van der Waals surface area contributed by atoms with E-state index in [0.717, 1.165) is 6.42 Å². The number of anilines is 1. The summed E-state index contributed by atoms with van der Waals surface area (Å²) in [5, 5.41) is 3.10. The van der Waals surface area contributed by atoms with E-state index >= 15 is 0 Å². The highest BCUT2D eigenvalue weighted by atomic mass is 16.2. The Balaban J connectivity index is 1.63. The third-order valence-electron chi connectivity index (χ3n) is 4.80. The van der Waals surface area contributed by atoms with Gasteiger partial charge in [-0.05, 0) is 18.9 Å². The summed E-state index contributed by atoms with van der Waals surface area (Å²) in [6.45, 7) is 5.83. The van der Waals surface area contributed by atoms with Crippen LogP contribution in [0.15, 0.2) is 41.2 Å². The number of aromatic amines is 1. The lowest BCUT2D eigenvalue weighted by Crippen LogP contribution is -2.48. The number of hydrogen-bond acceptors (Lipinski definition) is 4. The summed E-state index contributed by atoms with van der Waals surface area (Å²) in [5.41, 5.74) is 1.73. The Hall–Kier alpha value is -2.63. The number of aromatic nitrogens is 2. The molecule has 1 amide bonds. The average molecular weight is 340 g/mol. The van der Waals surface area contributed by atoms with Crippen LogP contribution < -0.4 is 10.9 Å². The topological polar surface area (TPSA) is 78.1 Å². The molecule has 0 aliphatic carbocycles. The second-order valence-electron chi connectivity index (χ2n) is 6.90. The van der Waals surface area contributed by atoms with Crippen molar-refractivity contribution in [1.29, 1.82) is 0 Å². The van der Waals surface area contributed by atoms with Crippen LogP contribution in [-0.2, 0) is 10.2 Å². The minimum Gasteiger partial charge on any atom is -0.354 e. The zero-order valence-electron chi connectivity index (χ0n) is 14.7. The summed E-state index contributed by atoms with van der Waals surface area (Å²) >= 11 is 0. The third-order valence-corrected chi connectivity index (χ3v) is 4.80. The van der Waals surface area contributed by atoms with Crippen LogP contribution in [0.1, 0.15) is 31.0 Å². The Morgan fingerprint density at radius 1 is 1.28 bits per heavy atom. The van der Waals surface area contributed by atoms with E-state index in [9.17, 15) is 9.59 Å². The molecule has 0 bridgehead atoms. The van der Waals surface area contributed by atoms with E-state index in [4.69, 9.17) is 0 Å². The summed E-state index contributed by atoms with van der Waals surface area (Å²) < 4.78 is 0. The van der Waals surface area contributed by atoms with Gasteiger partial charge in [-0.15, -0.1) is 0 Å². The number of nitrogens with zero attached hydrogens (tertiary/aromatic N) is 2. The summed E-state index contributed by atoms with van der Waals surface area (Å²) in [5.74, 6) is 0.626. The Morgan fingerprint density at radius 3 is 2.76 bits per heavy atom. The molecule has 1 saturated heterocycles. The zero-order chi connectivity index (χ0) is 17.9. The van der Waals surface area contributed by atoms with Crippen molar-refractivity contribution in [2.45, 2.75) is 32.1 Å². The van der Waals surface area contributed by atoms with Crippen LogP contribution in [0, 0.1) is 6.92 Å². The molecule has 6 heteroatoms. The van der Waals surface area contributed by atoms with Gasteiger partial charge in [0.15, 0.2) is 0 Å².